The van der Waals surface area contributed by atoms with Crippen molar-refractivity contribution in [1.82, 2.24) is 0 Å². The van der Waals surface area contributed by atoms with Crippen LogP contribution in [0.2, 0.25) is 0 Å². The minimum absolute atomic E-state index is 0.00905. The molecule has 0 saturated heterocycles. The molecule has 146 valence electrons. The number of methoxy groups -OCH3 is 1. The van der Waals surface area contributed by atoms with E-state index in [2.05, 4.69) is 0 Å². The molecule has 0 spiro atoms. The maximum atomic E-state index is 12.8. The first-order valence-electron chi connectivity index (χ1n) is 8.64. The summed E-state index contributed by atoms with van der Waals surface area (Å²) in [6.07, 6.45) is -4.10. The van der Waals surface area contributed by atoms with Crippen molar-refractivity contribution in [1.29, 1.82) is 0 Å². The molecule has 0 saturated carbocycles. The van der Waals surface area contributed by atoms with Gasteiger partial charge >= 0.3 is 6.18 Å². The molecule has 3 rings (SSSR count). The monoisotopic (exact) mass is 404 g/mol. The fourth-order valence-corrected chi connectivity index (χ4v) is 4.16. The van der Waals surface area contributed by atoms with Crippen LogP contribution >= 0.6 is 11.3 Å². The molecule has 1 heterocycles. The number of rotatable bonds is 5. The van der Waals surface area contributed by atoms with Crippen molar-refractivity contribution in [2.24, 2.45) is 0 Å². The summed E-state index contributed by atoms with van der Waals surface area (Å²) in [4.78, 5) is 14.2. The van der Waals surface area contributed by atoms with Gasteiger partial charge < -0.3 is 4.74 Å². The molecular weight excluding hydrogens is 385 g/mol. The quantitative estimate of drug-likeness (QED) is 0.455. The number of carbonyl (C=O) groups is 1. The molecule has 0 unspecified atom stereocenters. The van der Waals surface area contributed by atoms with E-state index in [9.17, 15) is 18.0 Å². The number of hydrogen-bond acceptors (Lipinski definition) is 3. The maximum absolute atomic E-state index is 12.8. The molecule has 28 heavy (non-hydrogen) atoms. The van der Waals surface area contributed by atoms with Crippen molar-refractivity contribution >= 4 is 17.1 Å². The second kappa shape index (κ2) is 7.80. The smallest absolute Gasteiger partial charge is 0.416 e. The van der Waals surface area contributed by atoms with Gasteiger partial charge in [0.25, 0.3) is 0 Å². The SMILES string of the molecule is COc1ccc(CC(=O)c2sc(-c3ccc(C(F)(F)F)cc3)cc2C)cc1C. The highest BCUT2D eigenvalue weighted by molar-refractivity contribution is 7.17. The topological polar surface area (TPSA) is 26.3 Å². The van der Waals surface area contributed by atoms with E-state index in [0.717, 1.165) is 39.4 Å². The summed E-state index contributed by atoms with van der Waals surface area (Å²) in [5.74, 6) is 0.762. The molecule has 0 amide bonds. The molecule has 1 aromatic heterocycles. The van der Waals surface area contributed by atoms with Crippen molar-refractivity contribution in [3.05, 3.63) is 75.7 Å². The summed E-state index contributed by atoms with van der Waals surface area (Å²) >= 11 is 1.31. The zero-order valence-corrected chi connectivity index (χ0v) is 16.5. The van der Waals surface area contributed by atoms with Crippen molar-refractivity contribution in [2.45, 2.75) is 26.4 Å². The summed E-state index contributed by atoms with van der Waals surface area (Å²) in [5, 5.41) is 0. The van der Waals surface area contributed by atoms with Gasteiger partial charge in [-0.25, -0.2) is 0 Å². The minimum Gasteiger partial charge on any atom is -0.496 e. The lowest BCUT2D eigenvalue weighted by Gasteiger charge is -2.07. The number of Topliss-reactive ketones (excluding diaryl/α,β-unsaturated/α-hetero) is 1. The molecule has 0 N–H and O–H groups in total. The van der Waals surface area contributed by atoms with Crippen molar-refractivity contribution in [3.8, 4) is 16.2 Å². The van der Waals surface area contributed by atoms with E-state index in [0.29, 0.717) is 10.4 Å². The van der Waals surface area contributed by atoms with E-state index in [-0.39, 0.29) is 12.2 Å². The van der Waals surface area contributed by atoms with E-state index in [1.54, 1.807) is 7.11 Å². The van der Waals surface area contributed by atoms with Crippen LogP contribution in [0.1, 0.15) is 31.9 Å². The predicted octanol–water partition coefficient (Wildman–Crippen LogP) is 6.48. The van der Waals surface area contributed by atoms with Crippen LogP contribution in [-0.4, -0.2) is 12.9 Å². The van der Waals surface area contributed by atoms with Gasteiger partial charge in [-0.3, -0.25) is 4.79 Å². The molecule has 0 bridgehead atoms. The average molecular weight is 404 g/mol. The average Bonchev–Trinajstić information content (AvgIpc) is 3.03. The number of halogens is 3. The van der Waals surface area contributed by atoms with Gasteiger partial charge in [0.15, 0.2) is 5.78 Å². The Balaban J connectivity index is 1.81. The van der Waals surface area contributed by atoms with Gasteiger partial charge in [-0.1, -0.05) is 24.3 Å². The standard InChI is InChI=1S/C22H19F3O2S/c1-13-10-15(4-9-19(13)27-3)12-18(26)21-14(2)11-20(28-21)16-5-7-17(8-6-16)22(23,24)25/h4-11H,12H2,1-3H3. The Morgan fingerprint density at radius 1 is 1.00 bits per heavy atom. The summed E-state index contributed by atoms with van der Waals surface area (Å²) in [6, 6.07) is 12.5. The number of ketones is 1. The molecule has 0 fully saturated rings. The number of carbonyl (C=O) groups excluding carboxylic acids is 1. The van der Waals surface area contributed by atoms with Crippen LogP contribution in [0, 0.1) is 13.8 Å². The van der Waals surface area contributed by atoms with Gasteiger partial charge in [-0.2, -0.15) is 13.2 Å². The zero-order valence-electron chi connectivity index (χ0n) is 15.7. The predicted molar refractivity (Wildman–Crippen MR) is 105 cm³/mol. The molecular formula is C22H19F3O2S. The molecule has 0 aliphatic rings. The summed E-state index contributed by atoms with van der Waals surface area (Å²) in [5.41, 5.74) is 2.67. The Kier molecular flexibility index (Phi) is 5.61. The minimum atomic E-state index is -4.36. The number of alkyl halides is 3. The number of benzene rings is 2. The zero-order chi connectivity index (χ0) is 20.5. The van der Waals surface area contributed by atoms with Gasteiger partial charge in [0, 0.05) is 11.3 Å². The van der Waals surface area contributed by atoms with Crippen LogP contribution in [0.4, 0.5) is 13.2 Å². The Labute approximate surface area is 165 Å². The van der Waals surface area contributed by atoms with E-state index in [1.807, 2.05) is 38.1 Å². The largest absolute Gasteiger partial charge is 0.496 e. The number of hydrogen-bond donors (Lipinski definition) is 0. The normalized spacial score (nSPS) is 11.5. The highest BCUT2D eigenvalue weighted by Gasteiger charge is 2.30. The lowest BCUT2D eigenvalue weighted by Crippen LogP contribution is -2.03. The molecule has 0 aliphatic heterocycles. The van der Waals surface area contributed by atoms with Crippen molar-refractivity contribution in [3.63, 3.8) is 0 Å². The van der Waals surface area contributed by atoms with E-state index in [4.69, 9.17) is 4.74 Å². The third-order valence-electron chi connectivity index (χ3n) is 4.49. The molecule has 2 aromatic carbocycles. The maximum Gasteiger partial charge on any atom is 0.416 e. The molecule has 3 aromatic rings. The first-order valence-corrected chi connectivity index (χ1v) is 9.45. The highest BCUT2D eigenvalue weighted by Crippen LogP contribution is 2.35. The number of aryl methyl sites for hydroxylation is 2. The summed E-state index contributed by atoms with van der Waals surface area (Å²) in [6.45, 7) is 3.77. The fraction of sp³-hybridized carbons (Fsp3) is 0.227. The van der Waals surface area contributed by atoms with Gasteiger partial charge in [0.1, 0.15) is 5.75 Å². The molecule has 0 atom stereocenters. The Morgan fingerprint density at radius 3 is 2.25 bits per heavy atom. The second-order valence-electron chi connectivity index (χ2n) is 6.60. The van der Waals surface area contributed by atoms with Crippen LogP contribution in [0.15, 0.2) is 48.5 Å². The first kappa shape index (κ1) is 20.1. The Bertz CT molecular complexity index is 1000. The fourth-order valence-electron chi connectivity index (χ4n) is 3.04. The molecule has 0 aliphatic carbocycles. The third-order valence-corrected chi connectivity index (χ3v) is 5.82. The second-order valence-corrected chi connectivity index (χ2v) is 7.65. The van der Waals surface area contributed by atoms with Crippen LogP contribution in [0.5, 0.6) is 5.75 Å². The molecule has 6 heteroatoms. The molecule has 2 nitrogen and oxygen atoms in total. The Morgan fingerprint density at radius 2 is 1.68 bits per heavy atom. The van der Waals surface area contributed by atoms with Crippen molar-refractivity contribution < 1.29 is 22.7 Å². The van der Waals surface area contributed by atoms with E-state index >= 15 is 0 Å². The summed E-state index contributed by atoms with van der Waals surface area (Å²) < 4.78 is 43.4. The van der Waals surface area contributed by atoms with E-state index < -0.39 is 11.7 Å². The van der Waals surface area contributed by atoms with E-state index in [1.165, 1.54) is 23.5 Å². The van der Waals surface area contributed by atoms with Gasteiger partial charge in [-0.15, -0.1) is 11.3 Å². The molecule has 0 radical (unpaired) electrons. The van der Waals surface area contributed by atoms with Crippen LogP contribution in [-0.2, 0) is 12.6 Å². The number of ether oxygens (including phenoxy) is 1. The van der Waals surface area contributed by atoms with Crippen molar-refractivity contribution in [2.75, 3.05) is 7.11 Å². The van der Waals surface area contributed by atoms with Crippen LogP contribution in [0.25, 0.3) is 10.4 Å². The summed E-state index contributed by atoms with van der Waals surface area (Å²) in [7, 11) is 1.60. The third kappa shape index (κ3) is 4.28. The van der Waals surface area contributed by atoms with Gasteiger partial charge in [0.05, 0.1) is 17.6 Å². The Hall–Kier alpha value is -2.60. The lowest BCUT2D eigenvalue weighted by molar-refractivity contribution is -0.137. The lowest BCUT2D eigenvalue weighted by atomic mass is 10.0. The highest BCUT2D eigenvalue weighted by atomic mass is 32.1. The first-order chi connectivity index (χ1) is 13.2. The van der Waals surface area contributed by atoms with Crippen LogP contribution in [0.3, 0.4) is 0 Å². The van der Waals surface area contributed by atoms with Gasteiger partial charge in [-0.05, 0) is 60.4 Å². The van der Waals surface area contributed by atoms with Crippen LogP contribution < -0.4 is 4.74 Å². The number of thiophene rings is 1. The van der Waals surface area contributed by atoms with Gasteiger partial charge in [0.2, 0.25) is 0 Å².